The first-order valence-electron chi connectivity index (χ1n) is 12.0. The van der Waals surface area contributed by atoms with Gasteiger partial charge in [-0.2, -0.15) is 0 Å². The molecule has 36 heavy (non-hydrogen) atoms. The molecule has 0 saturated heterocycles. The number of thiazole rings is 1. The fourth-order valence-corrected chi connectivity index (χ4v) is 5.88. The van der Waals surface area contributed by atoms with Crippen LogP contribution in [0.25, 0.3) is 11.1 Å². The van der Waals surface area contributed by atoms with E-state index in [1.54, 1.807) is 25.2 Å². The van der Waals surface area contributed by atoms with Crippen molar-refractivity contribution in [2.45, 2.75) is 32.1 Å². The third-order valence-corrected chi connectivity index (χ3v) is 7.92. The second kappa shape index (κ2) is 9.39. The molecule has 6 nitrogen and oxygen atoms in total. The predicted molar refractivity (Wildman–Crippen MR) is 143 cm³/mol. The SMILES string of the molecule is CN(C)C(=O)c1ccc(-c2ccc([C@@H]3C4=C(CCC(O)=C4)C[C@]3(C)C(=O)Nc3nccs3)cc2)cc1. The summed E-state index contributed by atoms with van der Waals surface area (Å²) in [6.45, 7) is 2.01. The lowest BCUT2D eigenvalue weighted by Gasteiger charge is -2.32. The monoisotopic (exact) mass is 499 g/mol. The first kappa shape index (κ1) is 24.0. The van der Waals surface area contributed by atoms with Crippen LogP contribution in [0.2, 0.25) is 0 Å². The van der Waals surface area contributed by atoms with Crippen molar-refractivity contribution in [3.8, 4) is 11.1 Å². The van der Waals surface area contributed by atoms with Gasteiger partial charge in [-0.05, 0) is 60.2 Å². The lowest BCUT2D eigenvalue weighted by atomic mass is 9.72. The molecule has 2 atom stereocenters. The van der Waals surface area contributed by atoms with Crippen molar-refractivity contribution in [1.82, 2.24) is 9.88 Å². The molecule has 2 N–H and O–H groups in total. The molecule has 7 heteroatoms. The minimum atomic E-state index is -0.701. The summed E-state index contributed by atoms with van der Waals surface area (Å²) in [5.74, 6) is 0.104. The summed E-state index contributed by atoms with van der Waals surface area (Å²) in [5.41, 5.74) is 5.32. The smallest absolute Gasteiger partial charge is 0.253 e. The second-order valence-corrected chi connectivity index (χ2v) is 10.8. The number of carbonyl (C=O) groups is 2. The number of benzene rings is 2. The van der Waals surface area contributed by atoms with Crippen LogP contribution in [0.3, 0.4) is 0 Å². The lowest BCUT2D eigenvalue weighted by molar-refractivity contribution is -0.125. The molecule has 5 rings (SSSR count). The Balaban J connectivity index is 1.46. The Labute approximate surface area is 215 Å². The molecule has 1 heterocycles. The quantitative estimate of drug-likeness (QED) is 0.439. The van der Waals surface area contributed by atoms with Crippen LogP contribution in [0.4, 0.5) is 5.13 Å². The first-order valence-corrected chi connectivity index (χ1v) is 12.9. The number of carbonyl (C=O) groups excluding carboxylic acids is 2. The van der Waals surface area contributed by atoms with Crippen LogP contribution in [-0.2, 0) is 4.79 Å². The van der Waals surface area contributed by atoms with E-state index < -0.39 is 5.41 Å². The van der Waals surface area contributed by atoms with Crippen LogP contribution in [0.1, 0.15) is 48.0 Å². The van der Waals surface area contributed by atoms with Crippen molar-refractivity contribution >= 4 is 28.3 Å². The number of nitrogens with zero attached hydrogens (tertiary/aromatic N) is 2. The highest BCUT2D eigenvalue weighted by atomic mass is 32.1. The Kier molecular flexibility index (Phi) is 6.26. The molecule has 0 radical (unpaired) electrons. The number of aliphatic hydroxyl groups is 1. The largest absolute Gasteiger partial charge is 0.512 e. The van der Waals surface area contributed by atoms with E-state index in [1.165, 1.54) is 16.9 Å². The maximum absolute atomic E-state index is 13.6. The topological polar surface area (TPSA) is 82.5 Å². The maximum atomic E-state index is 13.6. The van der Waals surface area contributed by atoms with Gasteiger partial charge < -0.3 is 15.3 Å². The normalized spacial score (nSPS) is 21.1. The Morgan fingerprint density at radius 3 is 2.33 bits per heavy atom. The maximum Gasteiger partial charge on any atom is 0.253 e. The summed E-state index contributed by atoms with van der Waals surface area (Å²) in [6.07, 6.45) is 5.57. The van der Waals surface area contributed by atoms with E-state index in [0.29, 0.717) is 29.3 Å². The molecule has 2 aliphatic rings. The molecule has 3 aromatic rings. The van der Waals surface area contributed by atoms with Crippen molar-refractivity contribution < 1.29 is 14.7 Å². The number of aromatic nitrogens is 1. The summed E-state index contributed by atoms with van der Waals surface area (Å²) in [5, 5.41) is 15.8. The van der Waals surface area contributed by atoms with E-state index in [1.807, 2.05) is 42.6 Å². The van der Waals surface area contributed by atoms with Crippen LogP contribution >= 0.6 is 11.3 Å². The van der Waals surface area contributed by atoms with Crippen molar-refractivity contribution in [1.29, 1.82) is 0 Å². The molecule has 0 spiro atoms. The fraction of sp³-hybridized carbons (Fsp3) is 0.276. The highest BCUT2D eigenvalue weighted by molar-refractivity contribution is 7.13. The molecule has 2 aliphatic carbocycles. The third kappa shape index (κ3) is 4.35. The Morgan fingerprint density at radius 1 is 1.06 bits per heavy atom. The van der Waals surface area contributed by atoms with Gasteiger partial charge in [0.25, 0.3) is 5.91 Å². The molecule has 0 saturated carbocycles. The van der Waals surface area contributed by atoms with Gasteiger partial charge in [0.15, 0.2) is 5.13 Å². The van der Waals surface area contributed by atoms with E-state index in [9.17, 15) is 14.7 Å². The van der Waals surface area contributed by atoms with E-state index in [2.05, 4.69) is 34.6 Å². The lowest BCUT2D eigenvalue weighted by Crippen LogP contribution is -2.36. The van der Waals surface area contributed by atoms with Crippen LogP contribution in [-0.4, -0.2) is 40.9 Å². The van der Waals surface area contributed by atoms with Gasteiger partial charge in [-0.25, -0.2) is 4.98 Å². The van der Waals surface area contributed by atoms with Gasteiger partial charge in [0.2, 0.25) is 5.91 Å². The summed E-state index contributed by atoms with van der Waals surface area (Å²) in [6, 6.07) is 15.9. The van der Waals surface area contributed by atoms with E-state index in [-0.39, 0.29) is 17.7 Å². The summed E-state index contributed by atoms with van der Waals surface area (Å²) in [4.78, 5) is 31.6. The van der Waals surface area contributed by atoms with Gasteiger partial charge >= 0.3 is 0 Å². The summed E-state index contributed by atoms with van der Waals surface area (Å²) < 4.78 is 0. The first-order chi connectivity index (χ1) is 17.3. The Bertz CT molecular complexity index is 1360. The highest BCUT2D eigenvalue weighted by Crippen LogP contribution is 2.56. The molecular weight excluding hydrogens is 470 g/mol. The average Bonchev–Trinajstić information content (AvgIpc) is 3.49. The molecular formula is C29H29N3O3S. The Hall–Kier alpha value is -3.71. The minimum Gasteiger partial charge on any atom is -0.512 e. The van der Waals surface area contributed by atoms with Gasteiger partial charge in [-0.1, -0.05) is 42.0 Å². The van der Waals surface area contributed by atoms with E-state index in [0.717, 1.165) is 28.7 Å². The van der Waals surface area contributed by atoms with E-state index >= 15 is 0 Å². The van der Waals surface area contributed by atoms with Crippen molar-refractivity contribution in [3.05, 3.63) is 94.2 Å². The number of hydrogen-bond acceptors (Lipinski definition) is 5. The third-order valence-electron chi connectivity index (χ3n) is 7.23. The Morgan fingerprint density at radius 2 is 1.72 bits per heavy atom. The highest BCUT2D eigenvalue weighted by Gasteiger charge is 2.50. The van der Waals surface area contributed by atoms with E-state index in [4.69, 9.17) is 0 Å². The van der Waals surface area contributed by atoms with Crippen molar-refractivity contribution in [2.75, 3.05) is 19.4 Å². The van der Waals surface area contributed by atoms with Crippen LogP contribution < -0.4 is 5.32 Å². The average molecular weight is 500 g/mol. The molecule has 1 aromatic heterocycles. The summed E-state index contributed by atoms with van der Waals surface area (Å²) >= 11 is 1.40. The standard InChI is InChI=1S/C29H29N3O3S/c1-29(27(35)31-28-30-14-15-36-28)17-22-12-13-23(33)16-24(22)25(29)20-8-4-18(5-9-20)19-6-10-21(11-7-19)26(34)32(2)3/h4-11,14-16,25,33H,12-13,17H2,1-3H3,(H,30,31,35)/t25-,29+/m1/s1. The predicted octanol–water partition coefficient (Wildman–Crippen LogP) is 6.18. The molecule has 0 unspecified atom stereocenters. The van der Waals surface area contributed by atoms with Crippen molar-refractivity contribution in [2.24, 2.45) is 5.41 Å². The molecule has 184 valence electrons. The van der Waals surface area contributed by atoms with Crippen LogP contribution in [0.5, 0.6) is 0 Å². The number of amides is 2. The molecule has 2 amide bonds. The molecule has 0 fully saturated rings. The van der Waals surface area contributed by atoms with Gasteiger partial charge in [0.05, 0.1) is 11.2 Å². The second-order valence-electron chi connectivity index (χ2n) is 9.91. The van der Waals surface area contributed by atoms with Gasteiger partial charge in [0.1, 0.15) is 0 Å². The number of rotatable bonds is 5. The minimum absolute atomic E-state index is 0.0266. The summed E-state index contributed by atoms with van der Waals surface area (Å²) in [7, 11) is 3.48. The van der Waals surface area contributed by atoms with Gasteiger partial charge in [-0.3, -0.25) is 9.59 Å². The zero-order valence-electron chi connectivity index (χ0n) is 20.6. The molecule has 0 bridgehead atoms. The number of anilines is 1. The zero-order chi connectivity index (χ0) is 25.4. The van der Waals surface area contributed by atoms with Gasteiger partial charge in [0, 0.05) is 43.6 Å². The number of allylic oxidation sites excluding steroid dienone is 4. The molecule has 0 aliphatic heterocycles. The van der Waals surface area contributed by atoms with Crippen LogP contribution in [0.15, 0.2) is 83.1 Å². The number of nitrogens with one attached hydrogen (secondary N) is 1. The van der Waals surface area contributed by atoms with Crippen LogP contribution in [0, 0.1) is 5.41 Å². The van der Waals surface area contributed by atoms with Gasteiger partial charge in [-0.15, -0.1) is 11.3 Å². The molecule has 2 aromatic carbocycles. The zero-order valence-corrected chi connectivity index (χ0v) is 21.4. The van der Waals surface area contributed by atoms with Crippen molar-refractivity contribution in [3.63, 3.8) is 0 Å². The number of hydrogen-bond donors (Lipinski definition) is 2. The fourth-order valence-electron chi connectivity index (χ4n) is 5.36. The number of aliphatic hydroxyl groups excluding tert-OH is 1.